The molecule has 1 aromatic carbocycles. The van der Waals surface area contributed by atoms with Gasteiger partial charge in [0, 0.05) is 6.07 Å². The fourth-order valence-electron chi connectivity index (χ4n) is 2.51. The summed E-state index contributed by atoms with van der Waals surface area (Å²) in [6.45, 7) is 0. The highest BCUT2D eigenvalue weighted by molar-refractivity contribution is 6.39. The molecule has 1 fully saturated rings. The van der Waals surface area contributed by atoms with Gasteiger partial charge in [0.05, 0.1) is 26.0 Å². The van der Waals surface area contributed by atoms with Crippen LogP contribution in [0.25, 0.3) is 6.08 Å². The molecule has 11 heteroatoms. The first-order valence-corrected chi connectivity index (χ1v) is 7.73. The van der Waals surface area contributed by atoms with E-state index in [1.807, 2.05) is 5.32 Å². The Morgan fingerprint density at radius 2 is 1.89 bits per heavy atom. The van der Waals surface area contributed by atoms with Gasteiger partial charge in [-0.15, -0.1) is 0 Å². The quantitative estimate of drug-likeness (QED) is 0.355. The number of nitrogens with one attached hydrogen (secondary N) is 1. The first kappa shape index (κ1) is 18.6. The lowest BCUT2D eigenvalue weighted by atomic mass is 10.1. The van der Waals surface area contributed by atoms with Crippen molar-refractivity contribution in [1.29, 1.82) is 0 Å². The summed E-state index contributed by atoms with van der Waals surface area (Å²) >= 11 is 0. The van der Waals surface area contributed by atoms with E-state index in [9.17, 15) is 24.5 Å². The third kappa shape index (κ3) is 3.28. The number of carbonyl (C=O) groups is 3. The first-order chi connectivity index (χ1) is 13.3. The van der Waals surface area contributed by atoms with Gasteiger partial charge >= 0.3 is 11.9 Å². The fraction of sp³-hybridized carbons (Fsp3) is 0.118. The molecule has 0 radical (unpaired) electrons. The van der Waals surface area contributed by atoms with Crippen molar-refractivity contribution < 1.29 is 33.2 Å². The van der Waals surface area contributed by atoms with Crippen LogP contribution in [0.1, 0.15) is 5.76 Å². The predicted octanol–water partition coefficient (Wildman–Crippen LogP) is 1.87. The standard InChI is InChI=1S/C17H13N3O8/c1-26-9-3-5-13(27-2)12(8-9)19-16(22)11(15(21)18-17(19)23)7-10-4-6-14(28-10)20(24)25/h3-8H,1-2H3,(H,18,21,23)/b11-7-. The molecular formula is C17H13N3O8. The van der Waals surface area contributed by atoms with Gasteiger partial charge < -0.3 is 13.9 Å². The summed E-state index contributed by atoms with van der Waals surface area (Å²) in [6, 6.07) is 5.76. The number of methoxy groups -OCH3 is 2. The molecule has 0 bridgehead atoms. The maximum Gasteiger partial charge on any atom is 0.433 e. The van der Waals surface area contributed by atoms with Crippen molar-refractivity contribution in [1.82, 2.24) is 5.32 Å². The number of urea groups is 1. The normalized spacial score (nSPS) is 15.6. The lowest BCUT2D eigenvalue weighted by Crippen LogP contribution is -2.54. The van der Waals surface area contributed by atoms with Crippen molar-refractivity contribution in [2.75, 3.05) is 19.1 Å². The number of furan rings is 1. The third-order valence-electron chi connectivity index (χ3n) is 3.81. The zero-order chi connectivity index (χ0) is 20.4. The minimum atomic E-state index is -0.982. The maximum atomic E-state index is 12.9. The molecule has 2 heterocycles. The Morgan fingerprint density at radius 3 is 2.50 bits per heavy atom. The van der Waals surface area contributed by atoms with Crippen molar-refractivity contribution in [2.45, 2.75) is 0 Å². The molecule has 1 aromatic heterocycles. The van der Waals surface area contributed by atoms with Crippen LogP contribution in [-0.2, 0) is 9.59 Å². The highest BCUT2D eigenvalue weighted by atomic mass is 16.6. The van der Waals surface area contributed by atoms with Crippen LogP contribution in [0.5, 0.6) is 11.5 Å². The van der Waals surface area contributed by atoms with Crippen LogP contribution in [0.3, 0.4) is 0 Å². The number of imide groups is 2. The van der Waals surface area contributed by atoms with Crippen LogP contribution in [0.4, 0.5) is 16.4 Å². The van der Waals surface area contributed by atoms with Gasteiger partial charge in [0.1, 0.15) is 27.8 Å². The summed E-state index contributed by atoms with van der Waals surface area (Å²) in [5, 5.41) is 12.7. The summed E-state index contributed by atoms with van der Waals surface area (Å²) in [5.41, 5.74) is -0.401. The van der Waals surface area contributed by atoms with Gasteiger partial charge in [-0.1, -0.05) is 0 Å². The SMILES string of the molecule is COc1ccc(OC)c(N2C(=O)NC(=O)/C(=C/c3ccc([N+](=O)[O-])o3)C2=O)c1. The molecule has 0 spiro atoms. The minimum absolute atomic E-state index is 0.0492. The second kappa shape index (κ2) is 7.23. The number of anilines is 1. The average Bonchev–Trinajstić information content (AvgIpc) is 3.14. The number of hydrogen-bond acceptors (Lipinski definition) is 8. The summed E-state index contributed by atoms with van der Waals surface area (Å²) in [6.07, 6.45) is 1.01. The molecule has 0 saturated carbocycles. The maximum absolute atomic E-state index is 12.9. The molecule has 1 aliphatic rings. The molecule has 0 unspecified atom stereocenters. The number of nitro groups is 1. The van der Waals surface area contributed by atoms with E-state index >= 15 is 0 Å². The average molecular weight is 387 g/mol. The van der Waals surface area contributed by atoms with Crippen LogP contribution in [0.15, 0.2) is 40.3 Å². The minimum Gasteiger partial charge on any atom is -0.497 e. The fourth-order valence-corrected chi connectivity index (χ4v) is 2.51. The molecule has 1 N–H and O–H groups in total. The monoisotopic (exact) mass is 387 g/mol. The molecule has 4 amide bonds. The van der Waals surface area contributed by atoms with E-state index in [0.717, 1.165) is 12.1 Å². The lowest BCUT2D eigenvalue weighted by Gasteiger charge is -2.27. The number of hydrogen-bond donors (Lipinski definition) is 1. The molecule has 1 saturated heterocycles. The molecule has 3 rings (SSSR count). The predicted molar refractivity (Wildman–Crippen MR) is 93.9 cm³/mol. The zero-order valence-electron chi connectivity index (χ0n) is 14.6. The van der Waals surface area contributed by atoms with Gasteiger partial charge in [0.2, 0.25) is 0 Å². The van der Waals surface area contributed by atoms with Gasteiger partial charge in [-0.25, -0.2) is 9.69 Å². The highest BCUT2D eigenvalue weighted by Crippen LogP contribution is 2.34. The highest BCUT2D eigenvalue weighted by Gasteiger charge is 2.38. The molecule has 11 nitrogen and oxygen atoms in total. The molecule has 28 heavy (non-hydrogen) atoms. The molecule has 2 aromatic rings. The number of nitrogens with zero attached hydrogens (tertiary/aromatic N) is 2. The second-order valence-electron chi connectivity index (χ2n) is 5.43. The van der Waals surface area contributed by atoms with Crippen molar-refractivity contribution in [2.24, 2.45) is 0 Å². The topological polar surface area (TPSA) is 141 Å². The Morgan fingerprint density at radius 1 is 1.14 bits per heavy atom. The van der Waals surface area contributed by atoms with Gasteiger partial charge in [-0.05, 0) is 24.3 Å². The number of ether oxygens (including phenoxy) is 2. The Balaban J connectivity index is 2.05. The Labute approximate surface area is 157 Å². The van der Waals surface area contributed by atoms with E-state index in [1.165, 1.54) is 32.4 Å². The lowest BCUT2D eigenvalue weighted by molar-refractivity contribution is -0.402. The summed E-state index contributed by atoms with van der Waals surface area (Å²) in [5.74, 6) is -2.05. The first-order valence-electron chi connectivity index (χ1n) is 7.73. The summed E-state index contributed by atoms with van der Waals surface area (Å²) < 4.78 is 15.2. The van der Waals surface area contributed by atoms with Crippen molar-refractivity contribution in [3.05, 3.63) is 51.8 Å². The van der Waals surface area contributed by atoms with Crippen molar-refractivity contribution in [3.8, 4) is 11.5 Å². The second-order valence-corrected chi connectivity index (χ2v) is 5.43. The Kier molecular flexibility index (Phi) is 4.81. The van der Waals surface area contributed by atoms with Crippen molar-refractivity contribution >= 4 is 35.5 Å². The van der Waals surface area contributed by atoms with Crippen LogP contribution >= 0.6 is 0 Å². The van der Waals surface area contributed by atoms with E-state index in [0.29, 0.717) is 10.6 Å². The molecule has 0 atom stereocenters. The summed E-state index contributed by atoms with van der Waals surface area (Å²) in [7, 11) is 2.75. The molecule has 144 valence electrons. The van der Waals surface area contributed by atoms with E-state index < -0.39 is 34.2 Å². The van der Waals surface area contributed by atoms with Crippen LogP contribution < -0.4 is 19.7 Å². The zero-order valence-corrected chi connectivity index (χ0v) is 14.6. The van der Waals surface area contributed by atoms with Crippen LogP contribution in [-0.4, -0.2) is 37.0 Å². The number of amides is 4. The van der Waals surface area contributed by atoms with Crippen molar-refractivity contribution in [3.63, 3.8) is 0 Å². The Bertz CT molecular complexity index is 1020. The summed E-state index contributed by atoms with van der Waals surface area (Å²) in [4.78, 5) is 48.0. The van der Waals surface area contributed by atoms with E-state index in [1.54, 1.807) is 6.07 Å². The number of barbiturate groups is 1. The smallest absolute Gasteiger partial charge is 0.433 e. The molecular weight excluding hydrogens is 374 g/mol. The van der Waals surface area contributed by atoms with Crippen LogP contribution in [0, 0.1) is 10.1 Å². The van der Waals surface area contributed by atoms with Gasteiger partial charge in [-0.3, -0.25) is 25.0 Å². The number of benzene rings is 1. The molecule has 0 aliphatic carbocycles. The Hall–Kier alpha value is -4.15. The van der Waals surface area contributed by atoms with Gasteiger partial charge in [-0.2, -0.15) is 0 Å². The third-order valence-corrected chi connectivity index (χ3v) is 3.81. The van der Waals surface area contributed by atoms with Gasteiger partial charge in [0.15, 0.2) is 0 Å². The van der Waals surface area contributed by atoms with Crippen LogP contribution in [0.2, 0.25) is 0 Å². The number of carbonyl (C=O) groups excluding carboxylic acids is 3. The van der Waals surface area contributed by atoms with E-state index in [4.69, 9.17) is 13.9 Å². The largest absolute Gasteiger partial charge is 0.497 e. The number of rotatable bonds is 5. The van der Waals surface area contributed by atoms with E-state index in [2.05, 4.69) is 0 Å². The van der Waals surface area contributed by atoms with Gasteiger partial charge in [0.25, 0.3) is 11.8 Å². The molecule has 1 aliphatic heterocycles. The van der Waals surface area contributed by atoms with E-state index in [-0.39, 0.29) is 17.2 Å².